The van der Waals surface area contributed by atoms with E-state index in [0.29, 0.717) is 29.2 Å². The Hall–Kier alpha value is -3.03. The summed E-state index contributed by atoms with van der Waals surface area (Å²) >= 11 is 0. The molecule has 0 aliphatic carbocycles. The van der Waals surface area contributed by atoms with Gasteiger partial charge in [-0.2, -0.15) is 0 Å². The molecule has 8 nitrogen and oxygen atoms in total. The normalized spacial score (nSPS) is 10.3. The minimum absolute atomic E-state index is 0.248. The number of carbonyl (C=O) groups is 3. The molecule has 2 rings (SSSR count). The van der Waals surface area contributed by atoms with Crippen LogP contribution in [0.3, 0.4) is 0 Å². The van der Waals surface area contributed by atoms with Crippen molar-refractivity contribution in [2.75, 3.05) is 11.9 Å². The number of likely N-dealkylation sites (N-methyl/N-ethyl adjacent to an activating group) is 1. The number of carbonyl (C=O) groups excluding carboxylic acids is 3. The third-order valence-electron chi connectivity index (χ3n) is 3.73. The smallest absolute Gasteiger partial charge is 0.292 e. The third kappa shape index (κ3) is 3.17. The first-order valence-electron chi connectivity index (χ1n) is 7.43. The van der Waals surface area contributed by atoms with Gasteiger partial charge in [0.25, 0.3) is 17.6 Å². The van der Waals surface area contributed by atoms with Gasteiger partial charge < -0.3 is 15.2 Å². The summed E-state index contributed by atoms with van der Waals surface area (Å²) in [5.74, 6) is -1.73. The third-order valence-corrected chi connectivity index (χ3v) is 3.73. The molecule has 8 heteroatoms. The van der Waals surface area contributed by atoms with Gasteiger partial charge >= 0.3 is 0 Å². The number of amides is 2. The van der Waals surface area contributed by atoms with Crippen molar-refractivity contribution in [1.29, 1.82) is 0 Å². The van der Waals surface area contributed by atoms with E-state index in [1.807, 2.05) is 0 Å². The summed E-state index contributed by atoms with van der Waals surface area (Å²) in [5, 5.41) is 5.16. The number of hydrogen-bond acceptors (Lipinski definition) is 5. The Bertz CT molecular complexity index is 796. The predicted molar refractivity (Wildman–Crippen MR) is 87.9 cm³/mol. The maximum atomic E-state index is 12.5. The molecule has 0 aromatic carbocycles. The van der Waals surface area contributed by atoms with Crippen LogP contribution in [0, 0.1) is 13.8 Å². The zero-order chi connectivity index (χ0) is 17.9. The SMILES string of the molecule is CCNC(=O)C(=O)c1c(C)c(C(=O)Nc2cncnc2)n(C)c1C. The van der Waals surface area contributed by atoms with Gasteiger partial charge in [0.05, 0.1) is 23.6 Å². The Balaban J connectivity index is 2.39. The van der Waals surface area contributed by atoms with Crippen LogP contribution in [-0.2, 0) is 11.8 Å². The van der Waals surface area contributed by atoms with E-state index in [-0.39, 0.29) is 5.56 Å². The van der Waals surface area contributed by atoms with E-state index in [2.05, 4.69) is 20.6 Å². The molecule has 0 atom stereocenters. The number of nitrogens with one attached hydrogen (secondary N) is 2. The lowest BCUT2D eigenvalue weighted by Crippen LogP contribution is -2.31. The molecule has 0 radical (unpaired) electrons. The molecule has 0 aliphatic rings. The zero-order valence-electron chi connectivity index (χ0n) is 14.0. The molecule has 0 saturated heterocycles. The maximum Gasteiger partial charge on any atom is 0.292 e. The van der Waals surface area contributed by atoms with Crippen LogP contribution in [0.1, 0.15) is 39.0 Å². The second-order valence-electron chi connectivity index (χ2n) is 5.26. The molecular formula is C16H19N5O3. The average molecular weight is 329 g/mol. The molecule has 0 spiro atoms. The molecular weight excluding hydrogens is 310 g/mol. The molecule has 0 fully saturated rings. The van der Waals surface area contributed by atoms with Gasteiger partial charge in [0.15, 0.2) is 0 Å². The fraction of sp³-hybridized carbons (Fsp3) is 0.312. The van der Waals surface area contributed by atoms with Crippen LogP contribution in [-0.4, -0.2) is 38.7 Å². The summed E-state index contributed by atoms with van der Waals surface area (Å²) in [6.07, 6.45) is 4.30. The maximum absolute atomic E-state index is 12.5. The van der Waals surface area contributed by atoms with Crippen molar-refractivity contribution in [3.8, 4) is 0 Å². The topological polar surface area (TPSA) is 106 Å². The summed E-state index contributed by atoms with van der Waals surface area (Å²) in [7, 11) is 1.67. The Kier molecular flexibility index (Phi) is 5.08. The minimum Gasteiger partial charge on any atom is -0.349 e. The molecule has 126 valence electrons. The van der Waals surface area contributed by atoms with E-state index in [0.717, 1.165) is 0 Å². The molecule has 0 bridgehead atoms. The van der Waals surface area contributed by atoms with Crippen LogP contribution in [0.2, 0.25) is 0 Å². The highest BCUT2D eigenvalue weighted by Crippen LogP contribution is 2.22. The highest BCUT2D eigenvalue weighted by atomic mass is 16.2. The standard InChI is InChI=1S/C16H19N5O3/c1-5-19-16(24)14(22)12-9(2)13(21(4)10(12)3)15(23)20-11-6-17-8-18-7-11/h6-8H,5H2,1-4H3,(H,19,24)(H,20,23). The number of rotatable bonds is 5. The fourth-order valence-corrected chi connectivity index (χ4v) is 2.54. The molecule has 0 unspecified atom stereocenters. The van der Waals surface area contributed by atoms with Gasteiger partial charge in [-0.25, -0.2) is 9.97 Å². The van der Waals surface area contributed by atoms with Gasteiger partial charge in [0, 0.05) is 19.3 Å². The Morgan fingerprint density at radius 3 is 2.38 bits per heavy atom. The molecule has 2 aromatic heterocycles. The lowest BCUT2D eigenvalue weighted by Gasteiger charge is -2.07. The Morgan fingerprint density at radius 1 is 1.17 bits per heavy atom. The van der Waals surface area contributed by atoms with Crippen molar-refractivity contribution in [1.82, 2.24) is 19.9 Å². The molecule has 2 heterocycles. The fourth-order valence-electron chi connectivity index (χ4n) is 2.54. The van der Waals surface area contributed by atoms with Crippen LogP contribution >= 0.6 is 0 Å². The van der Waals surface area contributed by atoms with E-state index in [1.54, 1.807) is 32.4 Å². The van der Waals surface area contributed by atoms with Gasteiger partial charge in [-0.05, 0) is 26.3 Å². The van der Waals surface area contributed by atoms with E-state index in [4.69, 9.17) is 0 Å². The second-order valence-corrected chi connectivity index (χ2v) is 5.26. The summed E-state index contributed by atoms with van der Waals surface area (Å²) in [6, 6.07) is 0. The molecule has 24 heavy (non-hydrogen) atoms. The molecule has 0 saturated carbocycles. The molecule has 2 amide bonds. The van der Waals surface area contributed by atoms with E-state index < -0.39 is 17.6 Å². The average Bonchev–Trinajstić information content (AvgIpc) is 2.77. The first-order chi connectivity index (χ1) is 11.4. The zero-order valence-corrected chi connectivity index (χ0v) is 14.0. The summed E-state index contributed by atoms with van der Waals surface area (Å²) in [6.45, 7) is 5.44. The lowest BCUT2D eigenvalue weighted by molar-refractivity contribution is -0.116. The molecule has 2 aromatic rings. The van der Waals surface area contributed by atoms with Gasteiger partial charge in [-0.1, -0.05) is 0 Å². The number of nitrogens with zero attached hydrogens (tertiary/aromatic N) is 3. The number of Topliss-reactive ketones (excluding diaryl/α,β-unsaturated/α-hetero) is 1. The van der Waals surface area contributed by atoms with Gasteiger partial charge in [-0.3, -0.25) is 14.4 Å². The Morgan fingerprint density at radius 2 is 1.79 bits per heavy atom. The highest BCUT2D eigenvalue weighted by Gasteiger charge is 2.28. The first-order valence-corrected chi connectivity index (χ1v) is 7.43. The lowest BCUT2D eigenvalue weighted by atomic mass is 10.0. The number of aromatic nitrogens is 3. The van der Waals surface area contributed by atoms with Crippen LogP contribution in [0.15, 0.2) is 18.7 Å². The van der Waals surface area contributed by atoms with Crippen molar-refractivity contribution >= 4 is 23.3 Å². The minimum atomic E-state index is -0.683. The van der Waals surface area contributed by atoms with Crippen LogP contribution in [0.5, 0.6) is 0 Å². The van der Waals surface area contributed by atoms with Crippen LogP contribution in [0.4, 0.5) is 5.69 Å². The van der Waals surface area contributed by atoms with Crippen molar-refractivity contribution in [2.24, 2.45) is 7.05 Å². The number of ketones is 1. The summed E-state index contributed by atoms with van der Waals surface area (Å²) < 4.78 is 1.60. The van der Waals surface area contributed by atoms with E-state index in [9.17, 15) is 14.4 Å². The van der Waals surface area contributed by atoms with Crippen molar-refractivity contribution in [2.45, 2.75) is 20.8 Å². The number of hydrogen-bond donors (Lipinski definition) is 2. The van der Waals surface area contributed by atoms with Gasteiger partial charge in [-0.15, -0.1) is 0 Å². The van der Waals surface area contributed by atoms with Crippen molar-refractivity contribution in [3.05, 3.63) is 41.2 Å². The second kappa shape index (κ2) is 7.03. The van der Waals surface area contributed by atoms with E-state index >= 15 is 0 Å². The van der Waals surface area contributed by atoms with Gasteiger partial charge in [0.2, 0.25) is 0 Å². The Labute approximate surface area is 139 Å². The summed E-state index contributed by atoms with van der Waals surface area (Å²) in [5.41, 5.74) is 2.01. The van der Waals surface area contributed by atoms with Gasteiger partial charge in [0.1, 0.15) is 12.0 Å². The molecule has 2 N–H and O–H groups in total. The van der Waals surface area contributed by atoms with Crippen LogP contribution in [0.25, 0.3) is 0 Å². The van der Waals surface area contributed by atoms with E-state index in [1.165, 1.54) is 18.7 Å². The largest absolute Gasteiger partial charge is 0.349 e. The highest BCUT2D eigenvalue weighted by molar-refractivity contribution is 6.43. The summed E-state index contributed by atoms with van der Waals surface area (Å²) in [4.78, 5) is 44.4. The molecule has 0 aliphatic heterocycles. The predicted octanol–water partition coefficient (Wildman–Crippen LogP) is 1.00. The van der Waals surface area contributed by atoms with Crippen LogP contribution < -0.4 is 10.6 Å². The number of anilines is 1. The first kappa shape index (κ1) is 17.3. The van der Waals surface area contributed by atoms with Crippen molar-refractivity contribution < 1.29 is 14.4 Å². The monoisotopic (exact) mass is 329 g/mol. The van der Waals surface area contributed by atoms with Crippen molar-refractivity contribution in [3.63, 3.8) is 0 Å². The quantitative estimate of drug-likeness (QED) is 0.629.